The number of nitrogens with zero attached hydrogens (tertiary/aromatic N) is 1. The average molecular weight is 892 g/mol. The fourth-order valence-electron chi connectivity index (χ4n) is 12.3. The highest BCUT2D eigenvalue weighted by molar-refractivity contribution is 7.26. The Balaban J connectivity index is 0.891. The number of benzene rings is 12. The van der Waals surface area contributed by atoms with Gasteiger partial charge in [-0.25, -0.2) is 0 Å². The molecule has 1 spiro atoms. The van der Waals surface area contributed by atoms with Crippen molar-refractivity contribution in [2.75, 3.05) is 4.90 Å². The van der Waals surface area contributed by atoms with E-state index in [1.54, 1.807) is 0 Å². The second kappa shape index (κ2) is 14.7. The van der Waals surface area contributed by atoms with Crippen LogP contribution in [0.15, 0.2) is 249 Å². The fraction of sp³-hybridized carbons (Fsp3) is 0.0149. The van der Waals surface area contributed by atoms with Crippen molar-refractivity contribution in [1.29, 1.82) is 0 Å². The molecule has 0 N–H and O–H groups in total. The zero-order valence-electron chi connectivity index (χ0n) is 37.5. The Labute approximate surface area is 404 Å². The molecule has 0 amide bonds. The van der Waals surface area contributed by atoms with E-state index in [0.29, 0.717) is 0 Å². The zero-order valence-corrected chi connectivity index (χ0v) is 38.3. The van der Waals surface area contributed by atoms with Crippen molar-refractivity contribution >= 4 is 80.9 Å². The highest BCUT2D eigenvalue weighted by Crippen LogP contribution is 2.63. The van der Waals surface area contributed by atoms with Gasteiger partial charge in [-0.05, 0) is 142 Å². The molecule has 0 saturated heterocycles. The molecule has 0 aliphatic heterocycles. The van der Waals surface area contributed by atoms with Crippen LogP contribution in [0.1, 0.15) is 22.3 Å². The summed E-state index contributed by atoms with van der Waals surface area (Å²) in [5.41, 5.74) is 18.5. The monoisotopic (exact) mass is 891 g/mol. The van der Waals surface area contributed by atoms with Gasteiger partial charge < -0.3 is 4.90 Å². The Bertz CT molecular complexity index is 4170. The van der Waals surface area contributed by atoms with Crippen LogP contribution in [0, 0.1) is 0 Å². The lowest BCUT2D eigenvalue weighted by atomic mass is 9.70. The van der Waals surface area contributed by atoms with E-state index in [2.05, 4.69) is 254 Å². The van der Waals surface area contributed by atoms with Crippen molar-refractivity contribution in [2.24, 2.45) is 0 Å². The molecule has 13 aromatic rings. The van der Waals surface area contributed by atoms with Crippen molar-refractivity contribution in [2.45, 2.75) is 5.41 Å². The van der Waals surface area contributed by atoms with Crippen LogP contribution >= 0.6 is 11.3 Å². The number of hydrogen-bond donors (Lipinski definition) is 0. The van der Waals surface area contributed by atoms with Crippen LogP contribution in [0.5, 0.6) is 0 Å². The number of thiophene rings is 1. The molecule has 2 aliphatic carbocycles. The van der Waals surface area contributed by atoms with E-state index in [9.17, 15) is 0 Å². The summed E-state index contributed by atoms with van der Waals surface area (Å²) < 4.78 is 2.67. The first-order chi connectivity index (χ1) is 34.2. The van der Waals surface area contributed by atoms with E-state index in [4.69, 9.17) is 0 Å². The lowest BCUT2D eigenvalue weighted by Crippen LogP contribution is -2.25. The predicted octanol–water partition coefficient (Wildman–Crippen LogP) is 18.7. The van der Waals surface area contributed by atoms with Gasteiger partial charge in [-0.2, -0.15) is 0 Å². The molecular formula is C67H41NS. The van der Waals surface area contributed by atoms with Gasteiger partial charge in [-0.15, -0.1) is 11.3 Å². The molecule has 1 aromatic heterocycles. The smallest absolute Gasteiger partial charge is 0.0725 e. The maximum atomic E-state index is 2.46. The van der Waals surface area contributed by atoms with Crippen molar-refractivity contribution in [1.82, 2.24) is 0 Å². The molecule has 1 heterocycles. The lowest BCUT2D eigenvalue weighted by Gasteiger charge is -2.31. The van der Waals surface area contributed by atoms with Crippen LogP contribution in [0.25, 0.3) is 97.0 Å². The van der Waals surface area contributed by atoms with Gasteiger partial charge in [0.15, 0.2) is 0 Å². The molecule has 0 unspecified atom stereocenters. The van der Waals surface area contributed by atoms with E-state index < -0.39 is 5.41 Å². The van der Waals surface area contributed by atoms with E-state index in [-0.39, 0.29) is 0 Å². The second-order valence-electron chi connectivity index (χ2n) is 18.7. The van der Waals surface area contributed by atoms with Gasteiger partial charge in [0.25, 0.3) is 0 Å². The third kappa shape index (κ3) is 5.46. The summed E-state index contributed by atoms with van der Waals surface area (Å²) in [6, 6.07) is 93.0. The van der Waals surface area contributed by atoms with Crippen LogP contribution in [-0.2, 0) is 5.41 Å². The topological polar surface area (TPSA) is 3.24 Å². The fourth-order valence-corrected chi connectivity index (χ4v) is 13.6. The third-order valence-electron chi connectivity index (χ3n) is 15.3. The van der Waals surface area contributed by atoms with E-state index >= 15 is 0 Å². The Morgan fingerprint density at radius 2 is 0.681 bits per heavy atom. The van der Waals surface area contributed by atoms with E-state index in [0.717, 1.165) is 17.1 Å². The molecular weight excluding hydrogens is 851 g/mol. The minimum Gasteiger partial charge on any atom is -0.310 e. The first-order valence-corrected chi connectivity index (χ1v) is 24.7. The van der Waals surface area contributed by atoms with Crippen molar-refractivity contribution in [3.05, 3.63) is 271 Å². The number of fused-ring (bicyclic) bond motifs is 19. The third-order valence-corrected chi connectivity index (χ3v) is 16.5. The Kier molecular flexibility index (Phi) is 8.22. The SMILES string of the molecule is c1ccc2c(c1)-c1ccccc1C21c2ccccc2-c2cc(N(c3ccc(-c4ccc(-c5cccc6c5sc5ccccc56)cc4)cc3)c3ccc4c5ccccc5c5ccccc5c4c3)ccc21. The minimum absolute atomic E-state index is 0.396. The Hall–Kier alpha value is -8.56. The zero-order chi connectivity index (χ0) is 45.2. The molecule has 320 valence electrons. The summed E-state index contributed by atoms with van der Waals surface area (Å²) >= 11 is 1.88. The molecule has 0 saturated carbocycles. The van der Waals surface area contributed by atoms with E-state index in [1.165, 1.54) is 119 Å². The van der Waals surface area contributed by atoms with Crippen LogP contribution in [0.4, 0.5) is 17.1 Å². The van der Waals surface area contributed by atoms with E-state index in [1.807, 2.05) is 11.3 Å². The summed E-state index contributed by atoms with van der Waals surface area (Å²) in [7, 11) is 0. The van der Waals surface area contributed by atoms with Gasteiger partial charge in [0.1, 0.15) is 0 Å². The molecule has 15 rings (SSSR count). The molecule has 2 heteroatoms. The summed E-state index contributed by atoms with van der Waals surface area (Å²) in [6.45, 7) is 0. The lowest BCUT2D eigenvalue weighted by molar-refractivity contribution is 0.794. The molecule has 69 heavy (non-hydrogen) atoms. The average Bonchev–Trinajstić information content (AvgIpc) is 4.06. The summed E-state index contributed by atoms with van der Waals surface area (Å²) in [5, 5.41) is 10.3. The summed E-state index contributed by atoms with van der Waals surface area (Å²) in [4.78, 5) is 2.46. The van der Waals surface area contributed by atoms with Gasteiger partial charge in [0.2, 0.25) is 0 Å². The first kappa shape index (κ1) is 38.5. The molecule has 1 nitrogen and oxygen atoms in total. The molecule has 0 fully saturated rings. The summed E-state index contributed by atoms with van der Waals surface area (Å²) in [5.74, 6) is 0. The maximum Gasteiger partial charge on any atom is 0.0725 e. The highest BCUT2D eigenvalue weighted by Gasteiger charge is 2.51. The normalized spacial score (nSPS) is 13.0. The van der Waals surface area contributed by atoms with Gasteiger partial charge in [0.05, 0.1) is 5.41 Å². The Morgan fingerprint density at radius 3 is 1.32 bits per heavy atom. The second-order valence-corrected chi connectivity index (χ2v) is 19.7. The van der Waals surface area contributed by atoms with Crippen molar-refractivity contribution < 1.29 is 0 Å². The molecule has 2 aliphatic rings. The molecule has 0 bridgehead atoms. The van der Waals surface area contributed by atoms with Gasteiger partial charge in [-0.3, -0.25) is 0 Å². The highest BCUT2D eigenvalue weighted by atomic mass is 32.1. The largest absolute Gasteiger partial charge is 0.310 e. The van der Waals surface area contributed by atoms with Crippen molar-refractivity contribution in [3.8, 4) is 44.5 Å². The molecule has 0 atom stereocenters. The van der Waals surface area contributed by atoms with Gasteiger partial charge in [-0.1, -0.05) is 206 Å². The Morgan fingerprint density at radius 1 is 0.261 bits per heavy atom. The summed E-state index contributed by atoms with van der Waals surface area (Å²) in [6.07, 6.45) is 0. The maximum absolute atomic E-state index is 2.46. The predicted molar refractivity (Wildman–Crippen MR) is 294 cm³/mol. The minimum atomic E-state index is -0.396. The quantitative estimate of drug-likeness (QED) is 0.156. The molecule has 12 aromatic carbocycles. The number of rotatable bonds is 5. The van der Waals surface area contributed by atoms with Crippen LogP contribution in [-0.4, -0.2) is 0 Å². The van der Waals surface area contributed by atoms with Gasteiger partial charge >= 0.3 is 0 Å². The standard InChI is InChI=1S/C67H41NS/c1-2-16-51-49(14-1)50-15-3-4-17-52(50)59-40-46(36-38-53(51)59)68(45-34-32-43(33-35-45)42-28-30-44(31-29-42)48-22-13-23-58-57-21-8-12-27-65(57)69-66(48)58)47-37-39-64-60(41-47)56-20-7-11-26-63(56)67(64)61-24-9-5-18-54(61)55-19-6-10-25-62(55)67/h1-41H. The number of hydrogen-bond acceptors (Lipinski definition) is 2. The van der Waals surface area contributed by atoms with Crippen LogP contribution < -0.4 is 4.90 Å². The van der Waals surface area contributed by atoms with Crippen LogP contribution in [0.2, 0.25) is 0 Å². The van der Waals surface area contributed by atoms with Gasteiger partial charge in [0, 0.05) is 37.2 Å². The first-order valence-electron chi connectivity index (χ1n) is 23.9. The van der Waals surface area contributed by atoms with Crippen molar-refractivity contribution in [3.63, 3.8) is 0 Å². The molecule has 0 radical (unpaired) electrons. The van der Waals surface area contributed by atoms with Crippen LogP contribution in [0.3, 0.4) is 0 Å². The number of anilines is 3.